The van der Waals surface area contributed by atoms with Crippen molar-refractivity contribution in [3.8, 4) is 34.5 Å². The average Bonchev–Trinajstić information content (AvgIpc) is 1.59. The van der Waals surface area contributed by atoms with Crippen LogP contribution < -0.4 is 14.2 Å². The minimum atomic E-state index is -3.99. The van der Waals surface area contributed by atoms with Gasteiger partial charge in [0.25, 0.3) is 10.1 Å². The maximum atomic E-state index is 12.9. The molecule has 12 nitrogen and oxygen atoms in total. The van der Waals surface area contributed by atoms with E-state index < -0.39 is 17.2 Å². The van der Waals surface area contributed by atoms with E-state index in [4.69, 9.17) is 33.3 Å². The Morgan fingerprint density at radius 3 is 1.17 bits per heavy atom. The van der Waals surface area contributed by atoms with Crippen LogP contribution in [-0.2, 0) is 40.5 Å². The molecule has 0 unspecified atom stereocenters. The smallest absolute Gasteiger partial charge is 0.437 e. The number of benzene rings is 6. The van der Waals surface area contributed by atoms with Crippen LogP contribution in [0.2, 0.25) is 6.82 Å². The molecule has 2 aliphatic rings. The molecule has 0 fully saturated rings. The van der Waals surface area contributed by atoms with Crippen molar-refractivity contribution in [3.63, 3.8) is 0 Å². The van der Waals surface area contributed by atoms with Crippen LogP contribution in [0.25, 0.3) is 10.8 Å². The van der Waals surface area contributed by atoms with E-state index in [-0.39, 0.29) is 5.84 Å². The highest BCUT2D eigenvalue weighted by atomic mass is 32.2. The van der Waals surface area contributed by atoms with E-state index >= 15 is 0 Å². The third-order valence-corrected chi connectivity index (χ3v) is 21.4. The van der Waals surface area contributed by atoms with Crippen molar-refractivity contribution in [3.05, 3.63) is 173 Å². The van der Waals surface area contributed by atoms with Crippen LogP contribution in [0.4, 0.5) is 5.82 Å². The number of aliphatic imine (C=N–C) groups is 3. The molecule has 1 N–H and O–H groups in total. The van der Waals surface area contributed by atoms with Crippen LogP contribution in [0.15, 0.2) is 149 Å². The normalized spacial score (nSPS) is 13.6. The molecule has 7 aromatic rings. The lowest BCUT2D eigenvalue weighted by atomic mass is 9.85. The molecule has 560 valence electrons. The molecule has 0 bridgehead atoms. The van der Waals surface area contributed by atoms with Crippen LogP contribution in [0, 0.1) is 5.41 Å². The fourth-order valence-electron chi connectivity index (χ4n) is 14.9. The van der Waals surface area contributed by atoms with Gasteiger partial charge in [-0.25, -0.2) is 23.4 Å². The van der Waals surface area contributed by atoms with Gasteiger partial charge in [-0.05, 0) is 153 Å². The number of nitrogens with zero attached hydrogens (tertiary/aromatic N) is 5. The van der Waals surface area contributed by atoms with E-state index in [0.717, 1.165) is 66.2 Å². The lowest BCUT2D eigenvalue weighted by molar-refractivity contribution is 0.481. The number of nitrogens with one attached hydrogen (secondary N) is 1. The maximum Gasteiger partial charge on any atom is 0.437 e. The number of amidine groups is 4. The Balaban J connectivity index is 0.924. The Bertz CT molecular complexity index is 3970. The molecule has 6 aromatic carbocycles. The highest BCUT2D eigenvalue weighted by Crippen LogP contribution is 2.38. The summed E-state index contributed by atoms with van der Waals surface area (Å²) in [7, 11) is -3.15. The Labute approximate surface area is 627 Å². The van der Waals surface area contributed by atoms with Crippen molar-refractivity contribution in [1.82, 2.24) is 9.38 Å². The average molecular weight is 1430 g/mol. The van der Waals surface area contributed by atoms with E-state index in [1.807, 2.05) is 78.3 Å². The maximum absolute atomic E-state index is 12.9. The lowest BCUT2D eigenvalue weighted by Crippen LogP contribution is -2.45. The van der Waals surface area contributed by atoms with Crippen LogP contribution in [0.1, 0.15) is 310 Å². The molecule has 0 aliphatic carbocycles. The van der Waals surface area contributed by atoms with Gasteiger partial charge in [0.2, 0.25) is 0 Å². The number of hydrogen-bond acceptors (Lipinski definition) is 9. The fraction of sp³-hybridized carbons (Fsp3) is 0.533. The molecule has 0 radical (unpaired) electrons. The molecule has 0 saturated heterocycles. The van der Waals surface area contributed by atoms with Gasteiger partial charge in [0.05, 0.1) is 6.26 Å². The third-order valence-electron chi connectivity index (χ3n) is 20.8. The monoisotopic (exact) mass is 1430 g/mol. The third kappa shape index (κ3) is 26.9. The van der Waals surface area contributed by atoms with Crippen molar-refractivity contribution >= 4 is 57.1 Å². The summed E-state index contributed by atoms with van der Waals surface area (Å²) in [5.74, 6) is 5.81. The summed E-state index contributed by atoms with van der Waals surface area (Å²) in [5, 5.41) is 11.6. The zero-order valence-corrected chi connectivity index (χ0v) is 65.4. The summed E-state index contributed by atoms with van der Waals surface area (Å²) in [6, 6.07) is 42.8. The zero-order chi connectivity index (χ0) is 73.0. The number of aryl methyl sites for hydroxylation is 4. The van der Waals surface area contributed by atoms with Crippen molar-refractivity contribution in [2.45, 2.75) is 297 Å². The van der Waals surface area contributed by atoms with E-state index in [1.165, 1.54) is 259 Å². The number of rotatable bonds is 52. The Kier molecular flexibility index (Phi) is 34.7. The predicted octanol–water partition coefficient (Wildman–Crippen LogP) is 26.5. The second kappa shape index (κ2) is 44.6. The molecular formula is C90H125BN6O6S. The lowest BCUT2D eigenvalue weighted by Gasteiger charge is -2.23. The van der Waals surface area contributed by atoms with Gasteiger partial charge in [-0.2, -0.15) is 0 Å². The quantitative estimate of drug-likeness (QED) is 0.0296. The SMILES string of the molecule is CCCCCCCCCCCCCCCc1cccc(Oc2ccc3c(c2)C(/N=C2/c4ccc(Oc5cccc(CCCCCCCCCCCCCCC)c5)cc4C(=N)N2B(C)OS(C)(=O)=O)=NC/3=N\c2c3cc(Oc4cccc(CCCCCCCCCCCCCCC)c4)ccc3cn2C)c1. The minimum absolute atomic E-state index is 0.00910. The molecule has 14 heteroatoms. The molecule has 0 atom stereocenters. The molecule has 2 aliphatic heterocycles. The van der Waals surface area contributed by atoms with Crippen molar-refractivity contribution in [1.29, 1.82) is 5.41 Å². The summed E-state index contributed by atoms with van der Waals surface area (Å²) in [6.45, 7) is 8.46. The van der Waals surface area contributed by atoms with Gasteiger partial charge in [0, 0.05) is 46.3 Å². The van der Waals surface area contributed by atoms with Crippen LogP contribution in [0.5, 0.6) is 34.5 Å². The Morgan fingerprint density at radius 2 is 0.769 bits per heavy atom. The van der Waals surface area contributed by atoms with Gasteiger partial charge in [-0.15, -0.1) is 0 Å². The number of hydrogen-bond donors (Lipinski definition) is 1. The second-order valence-electron chi connectivity index (χ2n) is 29.9. The van der Waals surface area contributed by atoms with E-state index in [1.54, 1.807) is 6.82 Å². The van der Waals surface area contributed by atoms with E-state index in [9.17, 15) is 13.8 Å². The largest absolute Gasteiger partial charge is 0.457 e. The van der Waals surface area contributed by atoms with Gasteiger partial charge >= 0.3 is 7.05 Å². The van der Waals surface area contributed by atoms with Crippen molar-refractivity contribution < 1.29 is 26.7 Å². The Hall–Kier alpha value is -7.29. The fourth-order valence-corrected chi connectivity index (χ4v) is 15.5. The number of unbranched alkanes of at least 4 members (excludes halogenated alkanes) is 36. The molecule has 3 heterocycles. The summed E-state index contributed by atoms with van der Waals surface area (Å²) in [6.07, 6.45) is 57.8. The van der Waals surface area contributed by atoms with Gasteiger partial charge < -0.3 is 27.7 Å². The summed E-state index contributed by atoms with van der Waals surface area (Å²) >= 11 is 0. The molecular weight excluding hydrogens is 1300 g/mol. The van der Waals surface area contributed by atoms with Gasteiger partial charge in [0.15, 0.2) is 11.7 Å². The zero-order valence-electron chi connectivity index (χ0n) is 64.6. The van der Waals surface area contributed by atoms with Gasteiger partial charge in [-0.3, -0.25) is 5.41 Å². The Morgan fingerprint density at radius 1 is 0.413 bits per heavy atom. The number of fused-ring (bicyclic) bond motifs is 3. The molecule has 0 saturated carbocycles. The second-order valence-corrected chi connectivity index (χ2v) is 31.5. The van der Waals surface area contributed by atoms with Crippen LogP contribution >= 0.6 is 0 Å². The number of ether oxygens (including phenoxy) is 3. The number of aromatic nitrogens is 1. The first-order valence-electron chi connectivity index (χ1n) is 41.1. The highest BCUT2D eigenvalue weighted by molar-refractivity contribution is 7.86. The van der Waals surface area contributed by atoms with E-state index in [2.05, 4.69) is 87.6 Å². The highest BCUT2D eigenvalue weighted by Gasteiger charge is 2.40. The minimum Gasteiger partial charge on any atom is -0.457 e. The summed E-state index contributed by atoms with van der Waals surface area (Å²) in [5.41, 5.74) is 6.23. The van der Waals surface area contributed by atoms with Crippen LogP contribution in [-0.4, -0.2) is 54.4 Å². The first-order chi connectivity index (χ1) is 50.9. The van der Waals surface area contributed by atoms with Crippen molar-refractivity contribution in [2.75, 3.05) is 6.26 Å². The summed E-state index contributed by atoms with van der Waals surface area (Å²) in [4.78, 5) is 17.5. The predicted molar refractivity (Wildman–Crippen MR) is 439 cm³/mol. The first-order valence-corrected chi connectivity index (χ1v) is 42.9. The van der Waals surface area contributed by atoms with E-state index in [0.29, 0.717) is 63.0 Å². The molecule has 1 aromatic heterocycles. The standard InChI is InChI=1S/C90H125BN6O6S/c1-7-10-13-16-19-22-25-28-31-34-37-40-43-49-71-52-46-55-75(64-71)100-78-59-58-74-70-96(5)89(83(74)67-78)94-87-81-62-60-80(102-77-57-48-54-73(66-77)51-45-42-39-36-33-30-27-24-21-18-15-12-9-3)69-85(81)88(93-87)95-90-82-63-61-79(68-84(82)86(92)97(90)91(4)103-104(6,98)99)101-76-56-47-53-72(65-76)50-44-41-38-35-32-29-26-23-20-17-14-11-8-2/h46-48,52-70,92H,7-45,49-51H2,1-6H3/b92-86?,94-87-,95-90-. The molecule has 9 rings (SSSR count). The summed E-state index contributed by atoms with van der Waals surface area (Å²) < 4.78 is 53.5. The van der Waals surface area contributed by atoms with Gasteiger partial charge in [0.1, 0.15) is 52.0 Å². The first kappa shape index (κ1) is 80.8. The molecule has 104 heavy (non-hydrogen) atoms. The van der Waals surface area contributed by atoms with Gasteiger partial charge in [-0.1, -0.05) is 288 Å². The van der Waals surface area contributed by atoms with Crippen LogP contribution in [0.3, 0.4) is 0 Å². The molecule has 0 spiro atoms. The van der Waals surface area contributed by atoms with Crippen molar-refractivity contribution in [2.24, 2.45) is 22.0 Å². The topological polar surface area (TPSA) is 140 Å². The molecule has 0 amide bonds.